The first-order valence-corrected chi connectivity index (χ1v) is 44.0. The van der Waals surface area contributed by atoms with Crippen LogP contribution in [-0.4, -0.2) is 175 Å². The van der Waals surface area contributed by atoms with Crippen molar-refractivity contribution in [3.63, 3.8) is 0 Å². The van der Waals surface area contributed by atoms with E-state index in [0.717, 1.165) is 0 Å². The molecular formula is C99H111N11O26. The zero-order chi connectivity index (χ0) is 97.4. The summed E-state index contributed by atoms with van der Waals surface area (Å²) in [4.78, 5) is 245. The van der Waals surface area contributed by atoms with Gasteiger partial charge < -0.3 is 96.8 Å². The molecule has 0 aliphatic heterocycles. The lowest BCUT2D eigenvalue weighted by Crippen LogP contribution is -2.54. The topological polar surface area (TPSA) is 527 Å². The van der Waals surface area contributed by atoms with E-state index >= 15 is 0 Å². The highest BCUT2D eigenvalue weighted by molar-refractivity contribution is 5.96. The van der Waals surface area contributed by atoms with Crippen LogP contribution in [0.1, 0.15) is 134 Å². The molecule has 7 unspecified atom stereocenters. The van der Waals surface area contributed by atoms with Gasteiger partial charge in [0.25, 0.3) is 0 Å². The van der Waals surface area contributed by atoms with Gasteiger partial charge >= 0.3 is 47.8 Å². The largest absolute Gasteiger partial charge is 0.461 e. The van der Waals surface area contributed by atoms with Gasteiger partial charge in [-0.3, -0.25) is 67.1 Å². The van der Waals surface area contributed by atoms with E-state index in [0.29, 0.717) is 44.5 Å². The first-order chi connectivity index (χ1) is 65.7. The summed E-state index contributed by atoms with van der Waals surface area (Å²) in [6, 6.07) is 58.0. The van der Waals surface area contributed by atoms with Crippen LogP contribution in [0.25, 0.3) is 0 Å². The molecule has 0 aliphatic carbocycles. The average molecular weight is 1870 g/mol. The normalized spacial score (nSPS) is 12.2. The third-order valence-electron chi connectivity index (χ3n) is 20.3. The van der Waals surface area contributed by atoms with E-state index in [4.69, 9.17) is 43.6 Å². The van der Waals surface area contributed by atoms with Crippen molar-refractivity contribution in [2.75, 3.05) is 26.2 Å². The molecule has 0 aliphatic rings. The Morgan fingerprint density at radius 3 is 0.625 bits per heavy atom. The minimum Gasteiger partial charge on any atom is -0.461 e. The van der Waals surface area contributed by atoms with Crippen LogP contribution in [0.15, 0.2) is 243 Å². The molecule has 0 radical (unpaired) electrons. The minimum atomic E-state index is -1.78. The van der Waals surface area contributed by atoms with Gasteiger partial charge in [0, 0.05) is 44.9 Å². The lowest BCUT2D eigenvalue weighted by Gasteiger charge is -2.22. The molecule has 8 aromatic carbocycles. The molecule has 0 fully saturated rings. The number of rotatable bonds is 58. The predicted molar refractivity (Wildman–Crippen MR) is 486 cm³/mol. The molecule has 718 valence electrons. The van der Waals surface area contributed by atoms with Crippen LogP contribution in [-0.2, 0) is 177 Å². The Balaban J connectivity index is 0.947. The van der Waals surface area contributed by atoms with Crippen LogP contribution in [0.3, 0.4) is 0 Å². The molecule has 0 bridgehead atoms. The zero-order valence-electron chi connectivity index (χ0n) is 74.7. The summed E-state index contributed by atoms with van der Waals surface area (Å²) in [5.41, 5.74) is 11.5. The number of benzene rings is 8. The summed E-state index contributed by atoms with van der Waals surface area (Å²) in [5.74, 6) is -16.7. The quantitative estimate of drug-likeness (QED) is 0.0174. The van der Waals surface area contributed by atoms with E-state index in [2.05, 4.69) is 53.2 Å². The molecule has 37 nitrogen and oxygen atoms in total. The highest BCUT2D eigenvalue weighted by Gasteiger charge is 2.33. The van der Waals surface area contributed by atoms with Crippen LogP contribution in [0.2, 0.25) is 0 Å². The van der Waals surface area contributed by atoms with Gasteiger partial charge in [-0.05, 0) is 89.5 Å². The summed E-state index contributed by atoms with van der Waals surface area (Å²) in [7, 11) is 0. The van der Waals surface area contributed by atoms with Crippen molar-refractivity contribution in [1.29, 1.82) is 0 Å². The second kappa shape index (κ2) is 59.6. The number of amides is 10. The van der Waals surface area contributed by atoms with Gasteiger partial charge in [0.1, 0.15) is 89.1 Å². The number of nitrogens with one attached hydrogen (secondary N) is 10. The van der Waals surface area contributed by atoms with Crippen molar-refractivity contribution >= 4 is 107 Å². The molecule has 0 heterocycles. The molecule has 0 aromatic heterocycles. The fourth-order valence-electron chi connectivity index (χ4n) is 12.8. The van der Waals surface area contributed by atoms with E-state index < -0.39 is 220 Å². The van der Waals surface area contributed by atoms with E-state index in [-0.39, 0.29) is 97.8 Å². The number of carbonyl (C=O) groups is 18. The SMILES string of the molecule is NC(CCC(=O)NC(CCC(=O)NCC(=O)NC(CCC(=O)OCc1ccccc1)C(=O)OCc1ccccc1)C(=O)NCC(=O)NC(CCC(=O)OCc1ccccc1)C(=O)OCc1ccccc1)C(=O)NC(CCC(=O)NCC(=O)NC(CCC(=O)OCc1ccccc1)C(=O)OCc1ccccc1)C(=O)NCC(=O)NC(CCC(=O)OCc1ccccc1)C(=O)OCc1ccccc1. The minimum absolute atomic E-state index is 0.0755. The van der Waals surface area contributed by atoms with E-state index in [9.17, 15) is 86.3 Å². The Morgan fingerprint density at radius 2 is 0.390 bits per heavy atom. The number of ether oxygens (including phenoxy) is 8. The van der Waals surface area contributed by atoms with E-state index in [1.54, 1.807) is 243 Å². The Morgan fingerprint density at radius 1 is 0.199 bits per heavy atom. The second-order valence-corrected chi connectivity index (χ2v) is 31.0. The zero-order valence-corrected chi connectivity index (χ0v) is 74.7. The molecular weight excluding hydrogens is 1760 g/mol. The molecule has 8 aromatic rings. The maximum absolute atomic E-state index is 14.3. The molecule has 12 N–H and O–H groups in total. The van der Waals surface area contributed by atoms with Crippen molar-refractivity contribution in [3.05, 3.63) is 287 Å². The third kappa shape index (κ3) is 42.6. The summed E-state index contributed by atoms with van der Waals surface area (Å²) < 4.78 is 43.5. The molecule has 136 heavy (non-hydrogen) atoms. The fourth-order valence-corrected chi connectivity index (χ4v) is 12.8. The van der Waals surface area contributed by atoms with Crippen molar-refractivity contribution < 1.29 is 124 Å². The lowest BCUT2D eigenvalue weighted by molar-refractivity contribution is -0.151. The van der Waals surface area contributed by atoms with Crippen LogP contribution in [0.4, 0.5) is 0 Å². The Kier molecular flexibility index (Phi) is 46.2. The molecule has 0 saturated heterocycles. The fraction of sp³-hybridized carbons (Fsp3) is 0.333. The molecule has 8 rings (SSSR count). The molecule has 0 saturated carbocycles. The van der Waals surface area contributed by atoms with E-state index in [1.807, 2.05) is 0 Å². The standard InChI is InChI=1S/C99H111N11O26/c100-75(93(122)110-77(95(124)104-58-88(117)109-81(99(128)136-66-74-39-23-8-24-40-74)47-54-92(121)132-62-70-31-15-4-16-32-70)43-50-83(112)102-56-86(115)107-79(97(126)134-64-72-35-19-6-20-36-72)45-52-90(119)130-60-68-27-11-2-12-28-68)41-48-84(113)105-76(94(123)103-57-87(116)108-80(98(127)135-65-73-37-21-7-22-38-73)46-53-91(120)131-61-69-29-13-3-14-30-69)42-49-82(111)101-55-85(114)106-78(96(125)133-63-71-33-17-5-18-34-71)44-51-89(118)129-59-67-25-9-1-10-26-67/h1-40,75-81H,41-66,100H2,(H,101,111)(H,102,112)(H,103,123)(H,104,124)(H,105,113)(H,106,114)(H,107,115)(H,108,116)(H,109,117)(H,110,122). The van der Waals surface area contributed by atoms with Gasteiger partial charge in [0.15, 0.2) is 0 Å². The summed E-state index contributed by atoms with van der Waals surface area (Å²) in [6.45, 7) is -4.61. The number of hydrogen-bond donors (Lipinski definition) is 11. The molecule has 10 amide bonds. The summed E-state index contributed by atoms with van der Waals surface area (Å²) >= 11 is 0. The van der Waals surface area contributed by atoms with Crippen molar-refractivity contribution in [1.82, 2.24) is 53.2 Å². The smallest absolute Gasteiger partial charge is 0.328 e. The van der Waals surface area contributed by atoms with Gasteiger partial charge in [-0.25, -0.2) is 19.2 Å². The van der Waals surface area contributed by atoms with Crippen LogP contribution in [0.5, 0.6) is 0 Å². The summed E-state index contributed by atoms with van der Waals surface area (Å²) in [5, 5.41) is 24.1. The highest BCUT2D eigenvalue weighted by atomic mass is 16.6. The van der Waals surface area contributed by atoms with Crippen molar-refractivity contribution in [2.45, 2.75) is 185 Å². The third-order valence-corrected chi connectivity index (χ3v) is 20.3. The van der Waals surface area contributed by atoms with Crippen LogP contribution in [0, 0.1) is 0 Å². The molecule has 37 heteroatoms. The van der Waals surface area contributed by atoms with Gasteiger partial charge in [-0.1, -0.05) is 243 Å². The number of nitrogens with two attached hydrogens (primary N) is 1. The maximum Gasteiger partial charge on any atom is 0.328 e. The first-order valence-electron chi connectivity index (χ1n) is 44.0. The Hall–Kier alpha value is -15.8. The highest BCUT2D eigenvalue weighted by Crippen LogP contribution is 2.17. The van der Waals surface area contributed by atoms with Gasteiger partial charge in [-0.2, -0.15) is 0 Å². The molecule has 7 atom stereocenters. The van der Waals surface area contributed by atoms with Crippen LogP contribution < -0.4 is 58.9 Å². The average Bonchev–Trinajstić information content (AvgIpc) is 0.898. The summed E-state index contributed by atoms with van der Waals surface area (Å²) in [6.07, 6.45) is -6.50. The monoisotopic (exact) mass is 1870 g/mol. The second-order valence-electron chi connectivity index (χ2n) is 31.0. The van der Waals surface area contributed by atoms with Gasteiger partial charge in [-0.15, -0.1) is 0 Å². The number of hydrogen-bond acceptors (Lipinski definition) is 27. The van der Waals surface area contributed by atoms with Crippen LogP contribution >= 0.6 is 0 Å². The Bertz CT molecular complexity index is 5230. The van der Waals surface area contributed by atoms with Crippen molar-refractivity contribution in [3.8, 4) is 0 Å². The predicted octanol–water partition coefficient (Wildman–Crippen LogP) is 5.10. The first kappa shape index (κ1) is 106. The van der Waals surface area contributed by atoms with Gasteiger partial charge in [0.05, 0.1) is 32.2 Å². The lowest BCUT2D eigenvalue weighted by atomic mass is 10.1. The number of esters is 8. The van der Waals surface area contributed by atoms with Gasteiger partial charge in [0.2, 0.25) is 59.1 Å². The van der Waals surface area contributed by atoms with Crippen molar-refractivity contribution in [2.24, 2.45) is 5.73 Å². The Labute approximate surface area is 784 Å². The maximum atomic E-state index is 14.3. The number of carbonyl (C=O) groups excluding carboxylic acids is 18. The molecule has 0 spiro atoms. The van der Waals surface area contributed by atoms with E-state index in [1.165, 1.54) is 0 Å².